The molecule has 0 aliphatic carbocycles. The lowest BCUT2D eigenvalue weighted by Crippen LogP contribution is -2.35. The molecule has 1 aliphatic rings. The van der Waals surface area contributed by atoms with Crippen molar-refractivity contribution in [1.82, 2.24) is 19.9 Å². The molecule has 0 aromatic carbocycles. The molecule has 20 heavy (non-hydrogen) atoms. The number of thiazole rings is 1. The number of imidazole rings is 1. The summed E-state index contributed by atoms with van der Waals surface area (Å²) in [5.41, 5.74) is 3.02. The third-order valence-corrected chi connectivity index (χ3v) is 4.86. The summed E-state index contributed by atoms with van der Waals surface area (Å²) in [7, 11) is 0. The number of amides is 1. The zero-order chi connectivity index (χ0) is 14.3. The molecular weight excluding hydrogens is 272 g/mol. The number of carbonyl (C=O) groups excluding carboxylic acids is 1. The molecule has 5 nitrogen and oxygen atoms in total. The van der Waals surface area contributed by atoms with Crippen molar-refractivity contribution in [1.29, 1.82) is 0 Å². The van der Waals surface area contributed by atoms with Crippen LogP contribution >= 0.6 is 11.3 Å². The van der Waals surface area contributed by atoms with Gasteiger partial charge in [0, 0.05) is 13.0 Å². The van der Waals surface area contributed by atoms with Crippen molar-refractivity contribution >= 4 is 17.2 Å². The molecule has 1 amide bonds. The Kier molecular flexibility index (Phi) is 3.33. The number of carbonyl (C=O) groups is 1. The fourth-order valence-electron chi connectivity index (χ4n) is 2.56. The number of hydrogen-bond donors (Lipinski definition) is 1. The van der Waals surface area contributed by atoms with Gasteiger partial charge in [0.15, 0.2) is 0 Å². The predicted octanol–water partition coefficient (Wildman–Crippen LogP) is 2.24. The van der Waals surface area contributed by atoms with E-state index in [0.29, 0.717) is 6.54 Å². The van der Waals surface area contributed by atoms with Crippen LogP contribution < -0.4 is 0 Å². The van der Waals surface area contributed by atoms with Gasteiger partial charge in [0.1, 0.15) is 10.7 Å². The molecular formula is C14H18N4OS. The zero-order valence-electron chi connectivity index (χ0n) is 12.0. The molecule has 3 rings (SSSR count). The summed E-state index contributed by atoms with van der Waals surface area (Å²) in [6.07, 6.45) is 1.70. The third-order valence-electron chi connectivity index (χ3n) is 3.58. The van der Waals surface area contributed by atoms with Crippen LogP contribution in [-0.4, -0.2) is 32.3 Å². The lowest BCUT2D eigenvalue weighted by molar-refractivity contribution is 0.0736. The van der Waals surface area contributed by atoms with Crippen LogP contribution in [0.1, 0.15) is 44.5 Å². The molecule has 0 unspecified atom stereocenters. The second kappa shape index (κ2) is 5.01. The Morgan fingerprint density at radius 3 is 2.90 bits per heavy atom. The summed E-state index contributed by atoms with van der Waals surface area (Å²) in [5.74, 6) is 1.02. The molecule has 0 saturated heterocycles. The second-order valence-electron chi connectivity index (χ2n) is 5.10. The highest BCUT2D eigenvalue weighted by Crippen LogP contribution is 2.24. The molecule has 0 fully saturated rings. The van der Waals surface area contributed by atoms with Crippen LogP contribution in [0.25, 0.3) is 0 Å². The van der Waals surface area contributed by atoms with Gasteiger partial charge in [-0.15, -0.1) is 11.3 Å². The van der Waals surface area contributed by atoms with E-state index < -0.39 is 0 Å². The SMILES string of the molecule is CCc1nc(C)c(C(=O)N2CCc3nc(C)[nH]c3C2)s1. The average Bonchev–Trinajstić information content (AvgIpc) is 2.98. The first-order valence-corrected chi connectivity index (χ1v) is 7.70. The monoisotopic (exact) mass is 290 g/mol. The summed E-state index contributed by atoms with van der Waals surface area (Å²) in [6.45, 7) is 7.28. The molecule has 2 aromatic heterocycles. The fraction of sp³-hybridized carbons (Fsp3) is 0.500. The Balaban J connectivity index is 1.83. The number of nitrogens with one attached hydrogen (secondary N) is 1. The van der Waals surface area contributed by atoms with Gasteiger partial charge in [-0.05, 0) is 20.3 Å². The summed E-state index contributed by atoms with van der Waals surface area (Å²) in [5, 5.41) is 1.03. The van der Waals surface area contributed by atoms with Crippen LogP contribution in [0.5, 0.6) is 0 Å². The van der Waals surface area contributed by atoms with Crippen LogP contribution in [0.4, 0.5) is 0 Å². The van der Waals surface area contributed by atoms with Gasteiger partial charge in [-0.3, -0.25) is 4.79 Å². The molecule has 0 spiro atoms. The molecule has 106 valence electrons. The van der Waals surface area contributed by atoms with E-state index in [2.05, 4.69) is 21.9 Å². The summed E-state index contributed by atoms with van der Waals surface area (Å²) >= 11 is 1.52. The number of nitrogens with zero attached hydrogens (tertiary/aromatic N) is 3. The molecule has 3 heterocycles. The molecule has 0 radical (unpaired) electrons. The Bertz CT molecular complexity index is 658. The van der Waals surface area contributed by atoms with Crippen LogP contribution in [0, 0.1) is 13.8 Å². The predicted molar refractivity (Wildman–Crippen MR) is 78.0 cm³/mol. The number of aryl methyl sites for hydroxylation is 3. The Hall–Kier alpha value is -1.69. The Morgan fingerprint density at radius 2 is 2.20 bits per heavy atom. The van der Waals surface area contributed by atoms with Gasteiger partial charge in [-0.2, -0.15) is 0 Å². The van der Waals surface area contributed by atoms with Crippen LogP contribution in [0.15, 0.2) is 0 Å². The number of H-pyrrole nitrogens is 1. The van der Waals surface area contributed by atoms with Crippen molar-refractivity contribution in [2.75, 3.05) is 6.54 Å². The highest BCUT2D eigenvalue weighted by molar-refractivity contribution is 7.13. The molecule has 0 saturated carbocycles. The molecule has 0 bridgehead atoms. The van der Waals surface area contributed by atoms with Crippen molar-refractivity contribution in [3.63, 3.8) is 0 Å². The molecule has 1 aliphatic heterocycles. The zero-order valence-corrected chi connectivity index (χ0v) is 12.8. The minimum atomic E-state index is 0.0950. The number of aromatic nitrogens is 3. The number of rotatable bonds is 2. The highest BCUT2D eigenvalue weighted by atomic mass is 32.1. The largest absolute Gasteiger partial charge is 0.344 e. The summed E-state index contributed by atoms with van der Waals surface area (Å²) < 4.78 is 0. The van der Waals surface area contributed by atoms with Gasteiger partial charge in [0.05, 0.1) is 28.6 Å². The standard InChI is InChI=1S/C14H18N4OS/c1-4-12-15-8(2)13(20-12)14(19)18-6-5-10-11(7-18)17-9(3)16-10/h4-7H2,1-3H3,(H,16,17). The van der Waals surface area contributed by atoms with E-state index in [9.17, 15) is 4.79 Å². The molecule has 1 N–H and O–H groups in total. The number of hydrogen-bond acceptors (Lipinski definition) is 4. The second-order valence-corrected chi connectivity index (χ2v) is 6.18. The third kappa shape index (κ3) is 2.24. The minimum Gasteiger partial charge on any atom is -0.344 e. The van der Waals surface area contributed by atoms with Crippen molar-refractivity contribution in [3.8, 4) is 0 Å². The lowest BCUT2D eigenvalue weighted by Gasteiger charge is -2.25. The van der Waals surface area contributed by atoms with E-state index in [-0.39, 0.29) is 5.91 Å². The smallest absolute Gasteiger partial charge is 0.266 e. The van der Waals surface area contributed by atoms with E-state index in [1.54, 1.807) is 0 Å². The van der Waals surface area contributed by atoms with Gasteiger partial charge < -0.3 is 9.88 Å². The van der Waals surface area contributed by atoms with E-state index in [1.165, 1.54) is 11.3 Å². The van der Waals surface area contributed by atoms with Crippen LogP contribution in [0.2, 0.25) is 0 Å². The molecule has 0 atom stereocenters. The first-order chi connectivity index (χ1) is 9.58. The van der Waals surface area contributed by atoms with Gasteiger partial charge >= 0.3 is 0 Å². The first-order valence-electron chi connectivity index (χ1n) is 6.88. The maximum atomic E-state index is 12.6. The van der Waals surface area contributed by atoms with Gasteiger partial charge in [-0.1, -0.05) is 6.92 Å². The maximum Gasteiger partial charge on any atom is 0.266 e. The average molecular weight is 290 g/mol. The fourth-order valence-corrected chi connectivity index (χ4v) is 3.53. The lowest BCUT2D eigenvalue weighted by atomic mass is 10.1. The van der Waals surface area contributed by atoms with Crippen molar-refractivity contribution in [2.24, 2.45) is 0 Å². The minimum absolute atomic E-state index is 0.0950. The van der Waals surface area contributed by atoms with Crippen molar-refractivity contribution in [2.45, 2.75) is 40.2 Å². The highest BCUT2D eigenvalue weighted by Gasteiger charge is 2.26. The quantitative estimate of drug-likeness (QED) is 0.922. The number of fused-ring (bicyclic) bond motifs is 1. The Labute approximate surface area is 122 Å². The number of aromatic amines is 1. The van der Waals surface area contributed by atoms with E-state index >= 15 is 0 Å². The first kappa shape index (κ1) is 13.3. The van der Waals surface area contributed by atoms with Gasteiger partial charge in [-0.25, -0.2) is 9.97 Å². The van der Waals surface area contributed by atoms with E-state index in [1.807, 2.05) is 18.7 Å². The Morgan fingerprint density at radius 1 is 1.40 bits per heavy atom. The van der Waals surface area contributed by atoms with E-state index in [0.717, 1.165) is 52.2 Å². The van der Waals surface area contributed by atoms with Gasteiger partial charge in [0.25, 0.3) is 5.91 Å². The van der Waals surface area contributed by atoms with Gasteiger partial charge in [0.2, 0.25) is 0 Å². The molecule has 6 heteroatoms. The maximum absolute atomic E-state index is 12.6. The van der Waals surface area contributed by atoms with E-state index in [4.69, 9.17) is 0 Å². The molecule has 2 aromatic rings. The topological polar surface area (TPSA) is 61.9 Å². The van der Waals surface area contributed by atoms with Crippen molar-refractivity contribution in [3.05, 3.63) is 32.8 Å². The van der Waals surface area contributed by atoms with Crippen LogP contribution in [-0.2, 0) is 19.4 Å². The van der Waals surface area contributed by atoms with Crippen molar-refractivity contribution < 1.29 is 4.79 Å². The summed E-state index contributed by atoms with van der Waals surface area (Å²) in [6, 6.07) is 0. The summed E-state index contributed by atoms with van der Waals surface area (Å²) in [4.78, 5) is 27.4. The normalized spacial score (nSPS) is 14.4. The van der Waals surface area contributed by atoms with Crippen LogP contribution in [0.3, 0.4) is 0 Å².